The minimum absolute atomic E-state index is 0.336. The second kappa shape index (κ2) is 8.15. The van der Waals surface area contributed by atoms with Crippen LogP contribution in [0.25, 0.3) is 0 Å². The van der Waals surface area contributed by atoms with E-state index < -0.39 is 0 Å². The van der Waals surface area contributed by atoms with Crippen LogP contribution in [-0.4, -0.2) is 6.10 Å². The van der Waals surface area contributed by atoms with Crippen LogP contribution in [0.15, 0.2) is 18.2 Å². The van der Waals surface area contributed by atoms with Crippen molar-refractivity contribution in [3.63, 3.8) is 0 Å². The molecule has 18 heavy (non-hydrogen) atoms. The molecule has 2 heteroatoms. The Morgan fingerprint density at radius 3 is 2.72 bits per heavy atom. The molecule has 0 aliphatic rings. The number of rotatable bonds is 8. The van der Waals surface area contributed by atoms with Gasteiger partial charge in [-0.1, -0.05) is 44.7 Å². The lowest BCUT2D eigenvalue weighted by Crippen LogP contribution is -2.09. The molecule has 0 bridgehead atoms. The Labute approximate surface area is 112 Å². The van der Waals surface area contributed by atoms with E-state index in [-0.39, 0.29) is 0 Å². The zero-order valence-corrected chi connectivity index (χ0v) is 12.0. The normalized spacial score (nSPS) is 12.6. The summed E-state index contributed by atoms with van der Waals surface area (Å²) in [5.74, 6) is 0. The molecule has 1 aromatic rings. The first-order valence-corrected chi connectivity index (χ1v) is 7.10. The van der Waals surface area contributed by atoms with Crippen LogP contribution in [0.4, 0.5) is 5.69 Å². The third-order valence-electron chi connectivity index (χ3n) is 3.48. The van der Waals surface area contributed by atoms with Gasteiger partial charge >= 0.3 is 0 Å². The highest BCUT2D eigenvalue weighted by Crippen LogP contribution is 2.17. The molecule has 0 amide bonds. The van der Waals surface area contributed by atoms with Crippen LogP contribution in [0, 0.1) is 6.92 Å². The van der Waals surface area contributed by atoms with Crippen molar-refractivity contribution in [2.45, 2.75) is 65.6 Å². The Kier molecular flexibility index (Phi) is 6.81. The van der Waals surface area contributed by atoms with Gasteiger partial charge in [0.2, 0.25) is 0 Å². The summed E-state index contributed by atoms with van der Waals surface area (Å²) in [4.78, 5) is 0. The monoisotopic (exact) mass is 249 g/mol. The van der Waals surface area contributed by atoms with Crippen LogP contribution in [0.2, 0.25) is 0 Å². The number of ether oxygens (including phenoxy) is 1. The third-order valence-corrected chi connectivity index (χ3v) is 3.48. The Morgan fingerprint density at radius 1 is 1.22 bits per heavy atom. The first kappa shape index (κ1) is 15.0. The van der Waals surface area contributed by atoms with Crippen molar-refractivity contribution in [2.24, 2.45) is 0 Å². The highest BCUT2D eigenvalue weighted by molar-refractivity contribution is 5.49. The molecule has 1 rings (SSSR count). The van der Waals surface area contributed by atoms with E-state index in [0.29, 0.717) is 12.7 Å². The lowest BCUT2D eigenvalue weighted by Gasteiger charge is -2.14. The fourth-order valence-corrected chi connectivity index (χ4v) is 2.03. The summed E-state index contributed by atoms with van der Waals surface area (Å²) in [5.41, 5.74) is 9.09. The highest BCUT2D eigenvalue weighted by atomic mass is 16.5. The van der Waals surface area contributed by atoms with Gasteiger partial charge in [0.1, 0.15) is 0 Å². The Hall–Kier alpha value is -1.02. The van der Waals surface area contributed by atoms with E-state index in [2.05, 4.69) is 26.8 Å². The zero-order chi connectivity index (χ0) is 13.4. The van der Waals surface area contributed by atoms with E-state index in [1.54, 1.807) is 0 Å². The Bertz CT molecular complexity index is 349. The van der Waals surface area contributed by atoms with Gasteiger partial charge in [0, 0.05) is 5.69 Å². The van der Waals surface area contributed by atoms with Crippen LogP contribution < -0.4 is 5.73 Å². The molecule has 0 aliphatic carbocycles. The second-order valence-electron chi connectivity index (χ2n) is 5.10. The van der Waals surface area contributed by atoms with Gasteiger partial charge < -0.3 is 10.5 Å². The fraction of sp³-hybridized carbons (Fsp3) is 0.625. The van der Waals surface area contributed by atoms with Crippen LogP contribution in [-0.2, 0) is 11.3 Å². The SMILES string of the molecule is CCCCCCC(C)OCc1cccc(N)c1C. The van der Waals surface area contributed by atoms with E-state index >= 15 is 0 Å². The van der Waals surface area contributed by atoms with E-state index in [0.717, 1.165) is 17.7 Å². The molecule has 0 saturated heterocycles. The number of benzene rings is 1. The average molecular weight is 249 g/mol. The first-order chi connectivity index (χ1) is 8.65. The van der Waals surface area contributed by atoms with E-state index in [1.165, 1.54) is 31.2 Å². The van der Waals surface area contributed by atoms with Crippen LogP contribution in [0.3, 0.4) is 0 Å². The van der Waals surface area contributed by atoms with Crippen molar-refractivity contribution < 1.29 is 4.74 Å². The van der Waals surface area contributed by atoms with Crippen LogP contribution >= 0.6 is 0 Å². The van der Waals surface area contributed by atoms with Gasteiger partial charge in [-0.05, 0) is 37.5 Å². The predicted octanol–water partition coefficient (Wildman–Crippen LogP) is 4.45. The number of unbranched alkanes of at least 4 members (excludes halogenated alkanes) is 3. The van der Waals surface area contributed by atoms with Gasteiger partial charge in [-0.15, -0.1) is 0 Å². The lowest BCUT2D eigenvalue weighted by molar-refractivity contribution is 0.0456. The molecule has 0 radical (unpaired) electrons. The molecule has 2 nitrogen and oxygen atoms in total. The second-order valence-corrected chi connectivity index (χ2v) is 5.10. The minimum Gasteiger partial charge on any atom is -0.399 e. The van der Waals surface area contributed by atoms with Crippen molar-refractivity contribution in [1.82, 2.24) is 0 Å². The van der Waals surface area contributed by atoms with Crippen molar-refractivity contribution in [3.05, 3.63) is 29.3 Å². The molecule has 0 saturated carbocycles. The molecular weight excluding hydrogens is 222 g/mol. The Morgan fingerprint density at radius 2 is 2.00 bits per heavy atom. The van der Waals surface area contributed by atoms with Crippen molar-refractivity contribution in [2.75, 3.05) is 5.73 Å². The number of nitrogen functional groups attached to an aromatic ring is 1. The van der Waals surface area contributed by atoms with Gasteiger partial charge in [-0.3, -0.25) is 0 Å². The third kappa shape index (κ3) is 5.09. The molecule has 2 N–H and O–H groups in total. The summed E-state index contributed by atoms with van der Waals surface area (Å²) in [7, 11) is 0. The molecule has 0 aromatic heterocycles. The van der Waals surface area contributed by atoms with E-state index in [1.807, 2.05) is 12.1 Å². The Balaban J connectivity index is 2.29. The number of anilines is 1. The largest absolute Gasteiger partial charge is 0.399 e. The molecule has 1 aromatic carbocycles. The quantitative estimate of drug-likeness (QED) is 0.545. The predicted molar refractivity (Wildman–Crippen MR) is 78.6 cm³/mol. The molecule has 0 spiro atoms. The molecule has 0 fully saturated rings. The van der Waals surface area contributed by atoms with Crippen molar-refractivity contribution >= 4 is 5.69 Å². The lowest BCUT2D eigenvalue weighted by atomic mass is 10.1. The fourth-order valence-electron chi connectivity index (χ4n) is 2.03. The molecule has 0 aliphatic heterocycles. The molecule has 0 heterocycles. The summed E-state index contributed by atoms with van der Waals surface area (Å²) < 4.78 is 5.89. The maximum Gasteiger partial charge on any atom is 0.0723 e. The van der Waals surface area contributed by atoms with Crippen molar-refractivity contribution in [3.8, 4) is 0 Å². The van der Waals surface area contributed by atoms with Gasteiger partial charge in [0.25, 0.3) is 0 Å². The average Bonchev–Trinajstić information content (AvgIpc) is 2.36. The van der Waals surface area contributed by atoms with Gasteiger partial charge in [0.15, 0.2) is 0 Å². The highest BCUT2D eigenvalue weighted by Gasteiger charge is 2.05. The summed E-state index contributed by atoms with van der Waals surface area (Å²) in [5, 5.41) is 0. The van der Waals surface area contributed by atoms with Gasteiger partial charge in [0.05, 0.1) is 12.7 Å². The standard InChI is InChI=1S/C16H27NO/c1-4-5-6-7-9-13(2)18-12-15-10-8-11-16(17)14(15)3/h8,10-11,13H,4-7,9,12,17H2,1-3H3. The summed E-state index contributed by atoms with van der Waals surface area (Å²) in [6, 6.07) is 6.02. The summed E-state index contributed by atoms with van der Waals surface area (Å²) >= 11 is 0. The van der Waals surface area contributed by atoms with Gasteiger partial charge in [-0.25, -0.2) is 0 Å². The minimum atomic E-state index is 0.336. The first-order valence-electron chi connectivity index (χ1n) is 7.10. The molecule has 1 atom stereocenters. The maximum absolute atomic E-state index is 5.89. The molecular formula is C16H27NO. The maximum atomic E-state index is 5.89. The zero-order valence-electron chi connectivity index (χ0n) is 12.0. The van der Waals surface area contributed by atoms with Gasteiger partial charge in [-0.2, -0.15) is 0 Å². The van der Waals surface area contributed by atoms with E-state index in [4.69, 9.17) is 10.5 Å². The molecule has 1 unspecified atom stereocenters. The van der Waals surface area contributed by atoms with E-state index in [9.17, 15) is 0 Å². The number of nitrogens with two attached hydrogens (primary N) is 1. The van der Waals surface area contributed by atoms with Crippen LogP contribution in [0.1, 0.15) is 57.1 Å². The van der Waals surface area contributed by atoms with Crippen molar-refractivity contribution in [1.29, 1.82) is 0 Å². The smallest absolute Gasteiger partial charge is 0.0723 e. The number of hydrogen-bond donors (Lipinski definition) is 1. The summed E-state index contributed by atoms with van der Waals surface area (Å²) in [6.45, 7) is 7.13. The molecule has 102 valence electrons. The van der Waals surface area contributed by atoms with Crippen LogP contribution in [0.5, 0.6) is 0 Å². The topological polar surface area (TPSA) is 35.2 Å². The summed E-state index contributed by atoms with van der Waals surface area (Å²) in [6.07, 6.45) is 6.70. The number of hydrogen-bond acceptors (Lipinski definition) is 2.